The third-order valence-electron chi connectivity index (χ3n) is 6.21. The van der Waals surface area contributed by atoms with Crippen LogP contribution in [0.2, 0.25) is 0 Å². The maximum Gasteiger partial charge on any atom is 0.318 e. The molecule has 1 N–H and O–H groups in total. The number of amides is 2. The molecule has 1 fully saturated rings. The van der Waals surface area contributed by atoms with E-state index in [0.29, 0.717) is 6.54 Å². The molecule has 1 aromatic heterocycles. The van der Waals surface area contributed by atoms with Crippen molar-refractivity contribution in [1.82, 2.24) is 25.0 Å². The van der Waals surface area contributed by atoms with Crippen molar-refractivity contribution in [3.05, 3.63) is 47.5 Å². The van der Waals surface area contributed by atoms with Crippen LogP contribution in [0.4, 0.5) is 4.79 Å². The molecule has 1 aromatic carbocycles. The zero-order valence-corrected chi connectivity index (χ0v) is 16.9. The van der Waals surface area contributed by atoms with Crippen molar-refractivity contribution in [3.63, 3.8) is 0 Å². The average molecular weight is 383 g/mol. The highest BCUT2D eigenvalue weighted by Gasteiger charge is 2.47. The van der Waals surface area contributed by atoms with E-state index >= 15 is 0 Å². The zero-order valence-electron chi connectivity index (χ0n) is 16.9. The Morgan fingerprint density at radius 2 is 2.11 bits per heavy atom. The second-order valence-corrected chi connectivity index (χ2v) is 8.34. The molecule has 0 bridgehead atoms. The van der Waals surface area contributed by atoms with Crippen LogP contribution >= 0.6 is 0 Å². The number of hydrogen-bond donors (Lipinski definition) is 1. The summed E-state index contributed by atoms with van der Waals surface area (Å²) in [4.78, 5) is 14.8. The van der Waals surface area contributed by atoms with Gasteiger partial charge in [0.05, 0.1) is 12.6 Å². The van der Waals surface area contributed by atoms with Gasteiger partial charge in [-0.15, -0.1) is 10.2 Å². The third kappa shape index (κ3) is 3.39. The fourth-order valence-electron chi connectivity index (χ4n) is 4.59. The molecule has 28 heavy (non-hydrogen) atoms. The average Bonchev–Trinajstić information content (AvgIpc) is 3.26. The molecule has 1 aliphatic carbocycles. The molecule has 0 saturated carbocycles. The van der Waals surface area contributed by atoms with Crippen molar-refractivity contribution in [3.8, 4) is 0 Å². The van der Waals surface area contributed by atoms with Crippen LogP contribution in [0.15, 0.2) is 30.6 Å². The van der Waals surface area contributed by atoms with Crippen molar-refractivity contribution < 1.29 is 9.53 Å². The van der Waals surface area contributed by atoms with Crippen LogP contribution in [0.25, 0.3) is 0 Å². The number of nitrogens with zero attached hydrogens (tertiary/aromatic N) is 4. The molecular formula is C21H29N5O2. The van der Waals surface area contributed by atoms with Gasteiger partial charge in [0.25, 0.3) is 0 Å². The molecule has 4 rings (SSSR count). The minimum atomic E-state index is -0.0779. The Morgan fingerprint density at radius 3 is 2.86 bits per heavy atom. The third-order valence-corrected chi connectivity index (χ3v) is 6.21. The molecular weight excluding hydrogens is 354 g/mol. The number of ether oxygens (including phenoxy) is 1. The second-order valence-electron chi connectivity index (χ2n) is 8.34. The lowest BCUT2D eigenvalue weighted by molar-refractivity contribution is 0.00138. The van der Waals surface area contributed by atoms with Gasteiger partial charge in [0.15, 0.2) is 5.82 Å². The minimum absolute atomic E-state index is 0.0190. The Balaban J connectivity index is 1.52. The van der Waals surface area contributed by atoms with Crippen LogP contribution in [-0.2, 0) is 17.7 Å². The lowest BCUT2D eigenvalue weighted by Gasteiger charge is -2.40. The Bertz CT molecular complexity index is 841. The summed E-state index contributed by atoms with van der Waals surface area (Å²) >= 11 is 0. The van der Waals surface area contributed by atoms with E-state index in [4.69, 9.17) is 4.74 Å². The van der Waals surface area contributed by atoms with Crippen LogP contribution in [0.5, 0.6) is 0 Å². The number of carbonyl (C=O) groups is 1. The summed E-state index contributed by atoms with van der Waals surface area (Å²) in [6, 6.07) is 8.68. The Kier molecular flexibility index (Phi) is 5.10. The predicted octanol–water partition coefficient (Wildman–Crippen LogP) is 3.09. The number of hydrogen-bond acceptors (Lipinski definition) is 4. The van der Waals surface area contributed by atoms with Gasteiger partial charge in [-0.05, 0) is 44.2 Å². The molecule has 1 aliphatic heterocycles. The lowest BCUT2D eigenvalue weighted by Crippen LogP contribution is -2.46. The molecule has 2 heterocycles. The van der Waals surface area contributed by atoms with Crippen molar-refractivity contribution in [2.75, 3.05) is 20.3 Å². The molecule has 7 nitrogen and oxygen atoms in total. The van der Waals surface area contributed by atoms with Crippen LogP contribution in [-0.4, -0.2) is 46.0 Å². The summed E-state index contributed by atoms with van der Waals surface area (Å²) < 4.78 is 7.62. The fraction of sp³-hybridized carbons (Fsp3) is 0.571. The SMILES string of the molecule is CC(C)n1cnnc1CN(C)C(=O)NC1c2ccccc2CC12CCOCC2. The normalized spacial score (nSPS) is 20.4. The summed E-state index contributed by atoms with van der Waals surface area (Å²) in [6.07, 6.45) is 4.66. The van der Waals surface area contributed by atoms with E-state index in [1.54, 1.807) is 11.2 Å². The number of nitrogens with one attached hydrogen (secondary N) is 1. The van der Waals surface area contributed by atoms with Gasteiger partial charge in [0.1, 0.15) is 6.33 Å². The first-order valence-corrected chi connectivity index (χ1v) is 10.1. The largest absolute Gasteiger partial charge is 0.381 e. The molecule has 2 aromatic rings. The summed E-state index contributed by atoms with van der Waals surface area (Å²) in [6.45, 7) is 6.10. The molecule has 1 spiro atoms. The molecule has 1 saturated heterocycles. The van der Waals surface area contributed by atoms with Gasteiger partial charge in [-0.1, -0.05) is 24.3 Å². The Hall–Kier alpha value is -2.41. The number of urea groups is 1. The molecule has 0 radical (unpaired) electrons. The van der Waals surface area contributed by atoms with Gasteiger partial charge in [-0.25, -0.2) is 4.79 Å². The molecule has 1 unspecified atom stereocenters. The smallest absolute Gasteiger partial charge is 0.318 e. The van der Waals surface area contributed by atoms with Crippen molar-refractivity contribution in [2.45, 2.75) is 51.7 Å². The number of fused-ring (bicyclic) bond motifs is 1. The predicted molar refractivity (Wildman–Crippen MR) is 106 cm³/mol. The highest BCUT2D eigenvalue weighted by molar-refractivity contribution is 5.74. The van der Waals surface area contributed by atoms with Gasteiger partial charge in [-0.3, -0.25) is 0 Å². The second kappa shape index (κ2) is 7.54. The highest BCUT2D eigenvalue weighted by Crippen LogP contribution is 2.51. The van der Waals surface area contributed by atoms with E-state index < -0.39 is 0 Å². The molecule has 2 aliphatic rings. The highest BCUT2D eigenvalue weighted by atomic mass is 16.5. The maximum atomic E-state index is 13.1. The van der Waals surface area contributed by atoms with E-state index in [-0.39, 0.29) is 23.5 Å². The van der Waals surface area contributed by atoms with Gasteiger partial charge in [0, 0.05) is 31.7 Å². The minimum Gasteiger partial charge on any atom is -0.381 e. The first-order chi connectivity index (χ1) is 13.5. The Morgan fingerprint density at radius 1 is 1.36 bits per heavy atom. The van der Waals surface area contributed by atoms with Gasteiger partial charge >= 0.3 is 6.03 Å². The van der Waals surface area contributed by atoms with Crippen molar-refractivity contribution in [1.29, 1.82) is 0 Å². The summed E-state index contributed by atoms with van der Waals surface area (Å²) in [7, 11) is 1.81. The standard InChI is InChI=1S/C21H29N5O2/c1-15(2)26-14-22-24-18(26)13-25(3)20(27)23-19-17-7-5-4-6-16(17)12-21(19)8-10-28-11-9-21/h4-7,14-15,19H,8-13H2,1-3H3,(H,23,27). The van der Waals surface area contributed by atoms with E-state index in [9.17, 15) is 4.79 Å². The monoisotopic (exact) mass is 383 g/mol. The van der Waals surface area contributed by atoms with Gasteiger partial charge < -0.3 is 19.5 Å². The molecule has 150 valence electrons. The van der Waals surface area contributed by atoms with Crippen LogP contribution in [0.1, 0.15) is 55.7 Å². The zero-order chi connectivity index (χ0) is 19.7. The Labute approximate surface area is 166 Å². The lowest BCUT2D eigenvalue weighted by atomic mass is 9.74. The van der Waals surface area contributed by atoms with E-state index in [1.165, 1.54) is 11.1 Å². The molecule has 2 amide bonds. The number of rotatable bonds is 4. The van der Waals surface area contributed by atoms with E-state index in [0.717, 1.165) is 38.3 Å². The molecule has 7 heteroatoms. The van der Waals surface area contributed by atoms with Gasteiger partial charge in [-0.2, -0.15) is 0 Å². The quantitative estimate of drug-likeness (QED) is 0.881. The van der Waals surface area contributed by atoms with Crippen LogP contribution < -0.4 is 5.32 Å². The first-order valence-electron chi connectivity index (χ1n) is 10.1. The molecule has 1 atom stereocenters. The van der Waals surface area contributed by atoms with E-state index in [2.05, 4.69) is 53.6 Å². The van der Waals surface area contributed by atoms with Crippen LogP contribution in [0, 0.1) is 5.41 Å². The fourth-order valence-corrected chi connectivity index (χ4v) is 4.59. The topological polar surface area (TPSA) is 72.3 Å². The summed E-state index contributed by atoms with van der Waals surface area (Å²) in [5.74, 6) is 0.792. The summed E-state index contributed by atoms with van der Waals surface area (Å²) in [5.41, 5.74) is 2.64. The number of carbonyl (C=O) groups excluding carboxylic acids is 1. The van der Waals surface area contributed by atoms with Crippen LogP contribution in [0.3, 0.4) is 0 Å². The summed E-state index contributed by atoms with van der Waals surface area (Å²) in [5, 5.41) is 11.5. The van der Waals surface area contributed by atoms with E-state index in [1.807, 2.05) is 11.6 Å². The van der Waals surface area contributed by atoms with Crippen molar-refractivity contribution >= 4 is 6.03 Å². The number of aromatic nitrogens is 3. The maximum absolute atomic E-state index is 13.1. The number of benzene rings is 1. The van der Waals surface area contributed by atoms with Gasteiger partial charge in [0.2, 0.25) is 0 Å². The first kappa shape index (κ1) is 18.9. The van der Waals surface area contributed by atoms with Crippen molar-refractivity contribution in [2.24, 2.45) is 5.41 Å².